The summed E-state index contributed by atoms with van der Waals surface area (Å²) < 4.78 is 39.9. The number of benzene rings is 1. The molecule has 0 saturated carbocycles. The fourth-order valence-corrected chi connectivity index (χ4v) is 5.14. The minimum Gasteiger partial charge on any atom is -0.381 e. The summed E-state index contributed by atoms with van der Waals surface area (Å²) in [7, 11) is -3.49. The molecule has 2 saturated heterocycles. The van der Waals surface area contributed by atoms with Crippen molar-refractivity contribution in [2.45, 2.75) is 55.6 Å². The van der Waals surface area contributed by atoms with E-state index in [1.165, 1.54) is 0 Å². The molecule has 128 valence electrons. The molecule has 1 aromatic carbocycles. The molecular formula is C17H25NO4S. The molecule has 0 bridgehead atoms. The first-order chi connectivity index (χ1) is 11.0. The van der Waals surface area contributed by atoms with Gasteiger partial charge in [0.2, 0.25) is 10.0 Å². The van der Waals surface area contributed by atoms with Gasteiger partial charge in [-0.2, -0.15) is 0 Å². The fourth-order valence-electron chi connectivity index (χ4n) is 3.56. The van der Waals surface area contributed by atoms with E-state index in [9.17, 15) is 8.42 Å². The van der Waals surface area contributed by atoms with Crippen molar-refractivity contribution < 1.29 is 17.9 Å². The molecule has 23 heavy (non-hydrogen) atoms. The maximum atomic E-state index is 12.8. The topological polar surface area (TPSA) is 64.6 Å². The van der Waals surface area contributed by atoms with Crippen molar-refractivity contribution in [3.8, 4) is 0 Å². The summed E-state index contributed by atoms with van der Waals surface area (Å²) >= 11 is 0. The summed E-state index contributed by atoms with van der Waals surface area (Å²) in [6.45, 7) is 3.96. The van der Waals surface area contributed by atoms with Gasteiger partial charge in [-0.1, -0.05) is 25.1 Å². The molecule has 0 radical (unpaired) electrons. The van der Waals surface area contributed by atoms with E-state index in [2.05, 4.69) is 4.72 Å². The van der Waals surface area contributed by atoms with Gasteiger partial charge in [-0.25, -0.2) is 13.1 Å². The SMILES string of the molecule is CCc1ccccc1S(=O)(=O)NC1CCOC2(CCOCC2)C1. The third kappa shape index (κ3) is 3.76. The van der Waals surface area contributed by atoms with Gasteiger partial charge in [0.15, 0.2) is 0 Å². The zero-order valence-electron chi connectivity index (χ0n) is 13.6. The number of hydrogen-bond donors (Lipinski definition) is 1. The Bertz CT molecular complexity index is 632. The molecule has 1 unspecified atom stereocenters. The minimum absolute atomic E-state index is 0.0724. The largest absolute Gasteiger partial charge is 0.381 e. The average Bonchev–Trinajstić information content (AvgIpc) is 2.55. The van der Waals surface area contributed by atoms with E-state index < -0.39 is 10.0 Å². The van der Waals surface area contributed by atoms with E-state index in [0.29, 0.717) is 31.1 Å². The Morgan fingerprint density at radius 2 is 1.96 bits per heavy atom. The molecule has 6 heteroatoms. The summed E-state index contributed by atoms with van der Waals surface area (Å²) in [6, 6.07) is 7.14. The number of rotatable bonds is 4. The number of ether oxygens (including phenoxy) is 2. The Balaban J connectivity index is 1.75. The first-order valence-electron chi connectivity index (χ1n) is 8.37. The number of hydrogen-bond acceptors (Lipinski definition) is 4. The molecular weight excluding hydrogens is 314 g/mol. The summed E-state index contributed by atoms with van der Waals surface area (Å²) in [4.78, 5) is 0.398. The highest BCUT2D eigenvalue weighted by atomic mass is 32.2. The van der Waals surface area contributed by atoms with E-state index in [4.69, 9.17) is 9.47 Å². The molecule has 2 aliphatic heterocycles. The van der Waals surface area contributed by atoms with Crippen LogP contribution < -0.4 is 4.72 Å². The van der Waals surface area contributed by atoms with Crippen LogP contribution in [-0.2, 0) is 25.9 Å². The van der Waals surface area contributed by atoms with Crippen LogP contribution in [0.5, 0.6) is 0 Å². The van der Waals surface area contributed by atoms with E-state index in [1.807, 2.05) is 19.1 Å². The number of sulfonamides is 1. The molecule has 5 nitrogen and oxygen atoms in total. The molecule has 2 heterocycles. The van der Waals surface area contributed by atoms with E-state index in [0.717, 1.165) is 31.2 Å². The smallest absolute Gasteiger partial charge is 0.241 e. The van der Waals surface area contributed by atoms with Crippen LogP contribution >= 0.6 is 0 Å². The van der Waals surface area contributed by atoms with Gasteiger partial charge in [0, 0.05) is 25.9 Å². The Kier molecular flexibility index (Phi) is 5.06. The third-order valence-electron chi connectivity index (χ3n) is 4.86. The summed E-state index contributed by atoms with van der Waals surface area (Å²) in [5.74, 6) is 0. The van der Waals surface area contributed by atoms with Gasteiger partial charge in [-0.15, -0.1) is 0 Å². The van der Waals surface area contributed by atoms with E-state index in [-0.39, 0.29) is 11.6 Å². The number of aryl methyl sites for hydroxylation is 1. The lowest BCUT2D eigenvalue weighted by Gasteiger charge is -2.43. The van der Waals surface area contributed by atoms with Crippen molar-refractivity contribution in [1.29, 1.82) is 0 Å². The lowest BCUT2D eigenvalue weighted by Crippen LogP contribution is -2.51. The molecule has 2 aliphatic rings. The highest BCUT2D eigenvalue weighted by Gasteiger charge is 2.40. The highest BCUT2D eigenvalue weighted by Crippen LogP contribution is 2.34. The van der Waals surface area contributed by atoms with Crippen molar-refractivity contribution in [2.75, 3.05) is 19.8 Å². The van der Waals surface area contributed by atoms with Crippen molar-refractivity contribution in [3.05, 3.63) is 29.8 Å². The lowest BCUT2D eigenvalue weighted by atomic mass is 9.84. The standard InChI is InChI=1S/C17H25NO4S/c1-2-14-5-3-4-6-16(14)23(19,20)18-15-7-10-22-17(13-15)8-11-21-12-9-17/h3-6,15,18H,2,7-13H2,1H3. The van der Waals surface area contributed by atoms with Crippen LogP contribution in [-0.4, -0.2) is 39.9 Å². The van der Waals surface area contributed by atoms with Gasteiger partial charge >= 0.3 is 0 Å². The van der Waals surface area contributed by atoms with Crippen LogP contribution in [0.2, 0.25) is 0 Å². The van der Waals surface area contributed by atoms with Crippen LogP contribution in [0.15, 0.2) is 29.2 Å². The second-order valence-corrected chi connectivity index (χ2v) is 8.10. The predicted octanol–water partition coefficient (Wildman–Crippen LogP) is 2.26. The number of nitrogens with one attached hydrogen (secondary N) is 1. The Labute approximate surface area is 138 Å². The zero-order valence-corrected chi connectivity index (χ0v) is 14.4. The van der Waals surface area contributed by atoms with Crippen LogP contribution in [0.1, 0.15) is 38.2 Å². The summed E-state index contributed by atoms with van der Waals surface area (Å²) in [6.07, 6.45) is 3.83. The van der Waals surface area contributed by atoms with Crippen LogP contribution in [0.3, 0.4) is 0 Å². The van der Waals surface area contributed by atoms with Gasteiger partial charge < -0.3 is 9.47 Å². The Morgan fingerprint density at radius 1 is 1.22 bits per heavy atom. The second kappa shape index (κ2) is 6.89. The van der Waals surface area contributed by atoms with E-state index >= 15 is 0 Å². The van der Waals surface area contributed by atoms with Crippen LogP contribution in [0.4, 0.5) is 0 Å². The van der Waals surface area contributed by atoms with Gasteiger partial charge in [0.1, 0.15) is 0 Å². The fraction of sp³-hybridized carbons (Fsp3) is 0.647. The molecule has 1 aromatic rings. The molecule has 2 fully saturated rings. The third-order valence-corrected chi connectivity index (χ3v) is 6.48. The van der Waals surface area contributed by atoms with Crippen molar-refractivity contribution >= 4 is 10.0 Å². The first kappa shape index (κ1) is 16.9. The molecule has 0 amide bonds. The average molecular weight is 339 g/mol. The van der Waals surface area contributed by atoms with Gasteiger partial charge in [-0.3, -0.25) is 0 Å². The zero-order chi connectivity index (χ0) is 16.3. The second-order valence-electron chi connectivity index (χ2n) is 6.42. The van der Waals surface area contributed by atoms with Crippen LogP contribution in [0.25, 0.3) is 0 Å². The van der Waals surface area contributed by atoms with Crippen molar-refractivity contribution in [2.24, 2.45) is 0 Å². The first-order valence-corrected chi connectivity index (χ1v) is 9.85. The molecule has 3 rings (SSSR count). The van der Waals surface area contributed by atoms with E-state index in [1.54, 1.807) is 12.1 Å². The monoisotopic (exact) mass is 339 g/mol. The van der Waals surface area contributed by atoms with Gasteiger partial charge in [0.25, 0.3) is 0 Å². The lowest BCUT2D eigenvalue weighted by molar-refractivity contribution is -0.138. The Hall–Kier alpha value is -0.950. The molecule has 1 spiro atoms. The van der Waals surface area contributed by atoms with Gasteiger partial charge in [0.05, 0.1) is 10.5 Å². The maximum Gasteiger partial charge on any atom is 0.241 e. The maximum absolute atomic E-state index is 12.8. The van der Waals surface area contributed by atoms with Crippen molar-refractivity contribution in [3.63, 3.8) is 0 Å². The molecule has 0 aromatic heterocycles. The highest BCUT2D eigenvalue weighted by molar-refractivity contribution is 7.89. The normalized spacial score (nSPS) is 24.7. The predicted molar refractivity (Wildman–Crippen MR) is 87.9 cm³/mol. The summed E-state index contributed by atoms with van der Waals surface area (Å²) in [5.41, 5.74) is 0.640. The van der Waals surface area contributed by atoms with Gasteiger partial charge in [-0.05, 0) is 43.7 Å². The Morgan fingerprint density at radius 3 is 2.70 bits per heavy atom. The molecule has 0 aliphatic carbocycles. The molecule has 1 atom stereocenters. The molecule has 1 N–H and O–H groups in total. The summed E-state index contributed by atoms with van der Waals surface area (Å²) in [5, 5.41) is 0. The quantitative estimate of drug-likeness (QED) is 0.914. The van der Waals surface area contributed by atoms with Crippen LogP contribution in [0, 0.1) is 0 Å². The van der Waals surface area contributed by atoms with Crippen molar-refractivity contribution in [1.82, 2.24) is 4.72 Å². The minimum atomic E-state index is -3.49.